The van der Waals surface area contributed by atoms with E-state index in [4.69, 9.17) is 16.6 Å². The SMILES string of the molecule is C/C=C/c1cccc2c1[C@H]1C[C@H](c3nc4ccc(Cl)cc4n31)N(C)C2=O. The zero-order chi connectivity index (χ0) is 18.0. The monoisotopic (exact) mass is 363 g/mol. The molecule has 0 spiro atoms. The highest BCUT2D eigenvalue weighted by atomic mass is 35.5. The molecule has 2 aliphatic rings. The van der Waals surface area contributed by atoms with E-state index in [0.29, 0.717) is 5.02 Å². The van der Waals surface area contributed by atoms with Crippen LogP contribution in [0.25, 0.3) is 17.1 Å². The van der Waals surface area contributed by atoms with Crippen LogP contribution in [0.15, 0.2) is 42.5 Å². The molecular weight excluding hydrogens is 346 g/mol. The first kappa shape index (κ1) is 15.6. The summed E-state index contributed by atoms with van der Waals surface area (Å²) in [7, 11) is 1.88. The maximum absolute atomic E-state index is 13.1. The smallest absolute Gasteiger partial charge is 0.254 e. The van der Waals surface area contributed by atoms with Crippen molar-refractivity contribution in [2.45, 2.75) is 25.4 Å². The van der Waals surface area contributed by atoms with Crippen molar-refractivity contribution in [3.05, 3.63) is 70.0 Å². The molecule has 0 radical (unpaired) electrons. The number of benzene rings is 2. The molecule has 0 saturated heterocycles. The molecule has 4 nitrogen and oxygen atoms in total. The minimum absolute atomic E-state index is 0.0236. The van der Waals surface area contributed by atoms with E-state index in [9.17, 15) is 4.79 Å². The van der Waals surface area contributed by atoms with Gasteiger partial charge in [-0.2, -0.15) is 0 Å². The molecule has 5 rings (SSSR count). The molecule has 1 amide bonds. The van der Waals surface area contributed by atoms with Crippen LogP contribution < -0.4 is 0 Å². The second-order valence-electron chi connectivity index (χ2n) is 6.96. The van der Waals surface area contributed by atoms with Crippen LogP contribution in [0.4, 0.5) is 0 Å². The average Bonchev–Trinajstić information content (AvgIpc) is 3.14. The van der Waals surface area contributed by atoms with Gasteiger partial charge in [0.2, 0.25) is 0 Å². The van der Waals surface area contributed by atoms with Gasteiger partial charge in [-0.3, -0.25) is 4.79 Å². The van der Waals surface area contributed by atoms with Crippen LogP contribution in [0.3, 0.4) is 0 Å². The third kappa shape index (κ3) is 1.96. The van der Waals surface area contributed by atoms with Gasteiger partial charge in [0.25, 0.3) is 5.91 Å². The molecule has 130 valence electrons. The lowest BCUT2D eigenvalue weighted by Crippen LogP contribution is -2.30. The van der Waals surface area contributed by atoms with Crippen LogP contribution in [-0.2, 0) is 0 Å². The fraction of sp³-hybridized carbons (Fsp3) is 0.238. The number of carbonyl (C=O) groups is 1. The van der Waals surface area contributed by atoms with Crippen molar-refractivity contribution in [3.63, 3.8) is 0 Å². The Morgan fingerprint density at radius 2 is 2.08 bits per heavy atom. The number of rotatable bonds is 1. The molecule has 5 heteroatoms. The van der Waals surface area contributed by atoms with Gasteiger partial charge >= 0.3 is 0 Å². The molecule has 2 aromatic carbocycles. The standard InChI is InChI=1S/C21H18ClN3O/c1-3-5-12-6-4-7-14-19(12)17-11-18(24(2)21(14)26)20-23-15-9-8-13(22)10-16(15)25(17)20/h3-10,17-18H,11H2,1-2H3/b5-3+/t17-,18-/m1/s1. The lowest BCUT2D eigenvalue weighted by molar-refractivity contribution is 0.0734. The zero-order valence-electron chi connectivity index (χ0n) is 14.6. The summed E-state index contributed by atoms with van der Waals surface area (Å²) in [5.74, 6) is 1.01. The molecule has 0 saturated carbocycles. The topological polar surface area (TPSA) is 38.1 Å². The number of carbonyl (C=O) groups excluding carboxylic acids is 1. The highest BCUT2D eigenvalue weighted by molar-refractivity contribution is 6.31. The van der Waals surface area contributed by atoms with Crippen LogP contribution in [-0.4, -0.2) is 27.4 Å². The molecule has 26 heavy (non-hydrogen) atoms. The van der Waals surface area contributed by atoms with Crippen molar-refractivity contribution in [1.29, 1.82) is 0 Å². The van der Waals surface area contributed by atoms with E-state index in [1.165, 1.54) is 0 Å². The molecule has 0 fully saturated rings. The summed E-state index contributed by atoms with van der Waals surface area (Å²) in [6, 6.07) is 11.8. The van der Waals surface area contributed by atoms with Gasteiger partial charge in [-0.05, 0) is 42.3 Å². The fourth-order valence-electron chi connectivity index (χ4n) is 4.45. The summed E-state index contributed by atoms with van der Waals surface area (Å²) in [5, 5.41) is 0.700. The molecule has 2 aliphatic heterocycles. The minimum atomic E-state index is -0.0236. The van der Waals surface area contributed by atoms with Crippen LogP contribution in [0, 0.1) is 0 Å². The number of imidazole rings is 1. The van der Waals surface area contributed by atoms with Crippen LogP contribution in [0.5, 0.6) is 0 Å². The number of nitrogens with zero attached hydrogens (tertiary/aromatic N) is 3. The molecule has 0 N–H and O–H groups in total. The number of halogens is 1. The van der Waals surface area contributed by atoms with Gasteiger partial charge in [0.05, 0.1) is 23.1 Å². The minimum Gasteiger partial charge on any atom is -0.331 e. The van der Waals surface area contributed by atoms with E-state index in [-0.39, 0.29) is 18.0 Å². The Balaban J connectivity index is 1.87. The molecular formula is C21H18ClN3O. The summed E-state index contributed by atoms with van der Waals surface area (Å²) in [6.07, 6.45) is 4.94. The Morgan fingerprint density at radius 3 is 2.88 bits per heavy atom. The normalized spacial score (nSPS) is 21.3. The first-order chi connectivity index (χ1) is 12.6. The van der Waals surface area contributed by atoms with Crippen LogP contribution in [0.1, 0.15) is 52.7 Å². The highest BCUT2D eigenvalue weighted by Crippen LogP contribution is 2.48. The second-order valence-corrected chi connectivity index (χ2v) is 7.40. The van der Waals surface area contributed by atoms with Gasteiger partial charge in [-0.1, -0.05) is 35.9 Å². The Morgan fingerprint density at radius 1 is 1.23 bits per heavy atom. The Kier molecular flexibility index (Phi) is 3.28. The quantitative estimate of drug-likeness (QED) is 0.620. The van der Waals surface area contributed by atoms with Crippen LogP contribution in [0.2, 0.25) is 5.02 Å². The molecule has 0 aliphatic carbocycles. The van der Waals surface area contributed by atoms with Crippen molar-refractivity contribution in [2.75, 3.05) is 7.05 Å². The number of amides is 1. The lowest BCUT2D eigenvalue weighted by Gasteiger charge is -2.24. The lowest BCUT2D eigenvalue weighted by atomic mass is 9.93. The predicted octanol–water partition coefficient (Wildman–Crippen LogP) is 4.84. The summed E-state index contributed by atoms with van der Waals surface area (Å²) in [5.41, 5.74) is 4.91. The predicted molar refractivity (Wildman–Crippen MR) is 103 cm³/mol. The van der Waals surface area contributed by atoms with Gasteiger partial charge in [0, 0.05) is 24.1 Å². The van der Waals surface area contributed by atoms with E-state index in [1.807, 2.05) is 55.3 Å². The van der Waals surface area contributed by atoms with E-state index in [0.717, 1.165) is 40.0 Å². The van der Waals surface area contributed by atoms with Gasteiger partial charge < -0.3 is 9.47 Å². The largest absolute Gasteiger partial charge is 0.331 e. The first-order valence-corrected chi connectivity index (χ1v) is 9.18. The van der Waals surface area contributed by atoms with E-state index in [1.54, 1.807) is 0 Å². The Bertz CT molecular complexity index is 1100. The zero-order valence-corrected chi connectivity index (χ0v) is 15.4. The molecule has 3 aromatic rings. The van der Waals surface area contributed by atoms with Crippen LogP contribution >= 0.6 is 11.6 Å². The number of fused-ring (bicyclic) bond motifs is 9. The first-order valence-electron chi connectivity index (χ1n) is 8.80. The van der Waals surface area contributed by atoms with Crippen molar-refractivity contribution in [2.24, 2.45) is 0 Å². The maximum Gasteiger partial charge on any atom is 0.254 e. The molecule has 0 unspecified atom stereocenters. The number of aromatic nitrogens is 2. The summed E-state index contributed by atoms with van der Waals surface area (Å²) in [6.45, 7) is 2.00. The average molecular weight is 364 g/mol. The Labute approximate surface area is 156 Å². The van der Waals surface area contributed by atoms with E-state index < -0.39 is 0 Å². The van der Waals surface area contributed by atoms with Gasteiger partial charge in [-0.15, -0.1) is 0 Å². The third-order valence-corrected chi connectivity index (χ3v) is 5.81. The molecule has 3 heterocycles. The summed E-state index contributed by atoms with van der Waals surface area (Å²) in [4.78, 5) is 19.8. The van der Waals surface area contributed by atoms with Crippen molar-refractivity contribution in [1.82, 2.24) is 14.5 Å². The highest BCUT2D eigenvalue weighted by Gasteiger charge is 2.44. The second kappa shape index (κ2) is 5.45. The summed E-state index contributed by atoms with van der Waals surface area (Å²) < 4.78 is 2.28. The van der Waals surface area contributed by atoms with Gasteiger partial charge in [-0.25, -0.2) is 4.98 Å². The van der Waals surface area contributed by atoms with Gasteiger partial charge in [0.1, 0.15) is 5.82 Å². The number of allylic oxidation sites excluding steroid dienone is 1. The molecule has 1 aromatic heterocycles. The molecule has 2 atom stereocenters. The van der Waals surface area contributed by atoms with Crippen molar-refractivity contribution < 1.29 is 4.79 Å². The van der Waals surface area contributed by atoms with E-state index >= 15 is 0 Å². The number of hydrogen-bond donors (Lipinski definition) is 0. The van der Waals surface area contributed by atoms with Crippen molar-refractivity contribution >= 4 is 34.6 Å². The van der Waals surface area contributed by atoms with E-state index in [2.05, 4.69) is 16.7 Å². The fourth-order valence-corrected chi connectivity index (χ4v) is 4.61. The maximum atomic E-state index is 13.1. The molecule has 2 bridgehead atoms. The van der Waals surface area contributed by atoms with Gasteiger partial charge in [0.15, 0.2) is 0 Å². The third-order valence-electron chi connectivity index (χ3n) is 5.57. The van der Waals surface area contributed by atoms with Crippen molar-refractivity contribution in [3.8, 4) is 0 Å². The number of hydrogen-bond acceptors (Lipinski definition) is 2. The Hall–Kier alpha value is -2.59. The summed E-state index contributed by atoms with van der Waals surface area (Å²) >= 11 is 6.27.